The van der Waals surface area contributed by atoms with Crippen molar-refractivity contribution >= 4 is 17.0 Å². The number of imidazole rings is 1. The van der Waals surface area contributed by atoms with Crippen LogP contribution in [0.2, 0.25) is 0 Å². The first-order valence-electron chi connectivity index (χ1n) is 16.8. The molecule has 51 heavy (non-hydrogen) atoms. The Hall–Kier alpha value is -5.35. The summed E-state index contributed by atoms with van der Waals surface area (Å²) in [5.74, 6) is 0.455. The number of nitriles is 1. The van der Waals surface area contributed by atoms with Crippen LogP contribution >= 0.6 is 0 Å². The van der Waals surface area contributed by atoms with E-state index in [0.29, 0.717) is 89.2 Å². The standard InChI is InChI=1S/C39H37FN4O7/c1-46-12-13-50-35-18-28(39(45)47-2)17-34-38(35)43-36(44(34)21-30-9-11-49-30)19-27-16-32(40)31-15-29(27)23-48-10-8-25-14-24(6-7-26(25)20-41)22-51-37-5-3-4-33(31)42-37/h3-7,14-18,30H,8-13,19,21-23H2,1-2H3/t30-/m0/s1. The molecule has 0 amide bonds. The molecular weight excluding hydrogens is 655 g/mol. The van der Waals surface area contributed by atoms with Crippen molar-refractivity contribution in [2.75, 3.05) is 40.6 Å². The third-order valence-electron chi connectivity index (χ3n) is 9.13. The Bertz CT molecular complexity index is 2120. The van der Waals surface area contributed by atoms with E-state index in [0.717, 1.165) is 23.1 Å². The number of hydrogen-bond donors (Lipinski definition) is 0. The van der Waals surface area contributed by atoms with E-state index in [1.165, 1.54) is 13.2 Å². The van der Waals surface area contributed by atoms with Crippen LogP contribution < -0.4 is 9.47 Å². The lowest BCUT2D eigenvalue weighted by atomic mass is 9.98. The maximum atomic E-state index is 16.1. The molecule has 0 unspecified atom stereocenters. The van der Waals surface area contributed by atoms with Crippen LogP contribution in [-0.2, 0) is 51.5 Å². The van der Waals surface area contributed by atoms with Crippen molar-refractivity contribution in [2.24, 2.45) is 0 Å². The number of nitrogens with zero attached hydrogens (tertiary/aromatic N) is 4. The lowest BCUT2D eigenvalue weighted by molar-refractivity contribution is -0.0589. The SMILES string of the molecule is COCCOc1cc(C(=O)OC)cc2c1nc(Cc1cc(F)c3cc1COCCc1cc(ccc1C#N)COc1cccc-3n1)n2C[C@@H]1CCO1. The maximum absolute atomic E-state index is 16.1. The van der Waals surface area contributed by atoms with Crippen LogP contribution in [0.5, 0.6) is 11.6 Å². The summed E-state index contributed by atoms with van der Waals surface area (Å²) in [6.07, 6.45) is 1.60. The Labute approximate surface area is 294 Å². The smallest absolute Gasteiger partial charge is 0.338 e. The van der Waals surface area contributed by atoms with Gasteiger partial charge in [0.1, 0.15) is 36.1 Å². The summed E-state index contributed by atoms with van der Waals surface area (Å²) in [5.41, 5.74) is 6.05. The molecule has 0 radical (unpaired) electrons. The van der Waals surface area contributed by atoms with Crippen LogP contribution in [0.4, 0.5) is 4.39 Å². The zero-order valence-corrected chi connectivity index (χ0v) is 28.4. The number of ether oxygens (including phenoxy) is 6. The molecule has 0 saturated carbocycles. The molecule has 2 aromatic heterocycles. The number of aromatic nitrogens is 3. The number of halogens is 1. The molecule has 262 valence electrons. The van der Waals surface area contributed by atoms with Gasteiger partial charge in [-0.3, -0.25) is 0 Å². The van der Waals surface area contributed by atoms with Crippen molar-refractivity contribution < 1.29 is 37.6 Å². The minimum Gasteiger partial charge on any atom is -0.489 e. The molecule has 7 rings (SSSR count). The van der Waals surface area contributed by atoms with Crippen molar-refractivity contribution in [3.8, 4) is 29.0 Å². The Balaban J connectivity index is 1.30. The van der Waals surface area contributed by atoms with Crippen LogP contribution in [0, 0.1) is 17.1 Å². The molecule has 1 fully saturated rings. The second-order valence-corrected chi connectivity index (χ2v) is 12.4. The first-order chi connectivity index (χ1) is 24.9. The molecule has 2 aliphatic rings. The van der Waals surface area contributed by atoms with Crippen LogP contribution in [0.15, 0.2) is 60.7 Å². The number of pyridine rings is 1. The van der Waals surface area contributed by atoms with Crippen LogP contribution in [0.3, 0.4) is 0 Å². The predicted octanol–water partition coefficient (Wildman–Crippen LogP) is 5.95. The van der Waals surface area contributed by atoms with Gasteiger partial charge in [-0.1, -0.05) is 18.2 Å². The average Bonchev–Trinajstić information content (AvgIpc) is 3.47. The fourth-order valence-corrected chi connectivity index (χ4v) is 6.34. The molecule has 11 nitrogen and oxygen atoms in total. The number of hydrogen-bond acceptors (Lipinski definition) is 10. The zero-order valence-electron chi connectivity index (χ0n) is 28.4. The van der Waals surface area contributed by atoms with E-state index < -0.39 is 11.8 Å². The number of carbonyl (C=O) groups excluding carboxylic acids is 1. The highest BCUT2D eigenvalue weighted by molar-refractivity contribution is 5.96. The highest BCUT2D eigenvalue weighted by Crippen LogP contribution is 2.33. The number of esters is 1. The van der Waals surface area contributed by atoms with Crippen molar-refractivity contribution in [1.82, 2.24) is 14.5 Å². The second kappa shape index (κ2) is 15.3. The van der Waals surface area contributed by atoms with Gasteiger partial charge in [-0.05, 0) is 71.5 Å². The van der Waals surface area contributed by atoms with Gasteiger partial charge in [0.15, 0.2) is 0 Å². The number of rotatable bonds is 9. The Morgan fingerprint density at radius 3 is 2.71 bits per heavy atom. The molecule has 1 atom stereocenters. The van der Waals surface area contributed by atoms with Crippen LogP contribution in [-0.4, -0.2) is 67.3 Å². The summed E-state index contributed by atoms with van der Waals surface area (Å²) in [6.45, 7) is 2.51. The minimum atomic E-state index is -0.508. The fourth-order valence-electron chi connectivity index (χ4n) is 6.34. The topological polar surface area (TPSA) is 127 Å². The average molecular weight is 693 g/mol. The van der Waals surface area contributed by atoms with E-state index in [1.54, 1.807) is 49.6 Å². The van der Waals surface area contributed by atoms with Gasteiger partial charge in [0, 0.05) is 31.8 Å². The number of fused-ring (bicyclic) bond motifs is 8. The molecule has 12 heteroatoms. The molecule has 5 aromatic rings. The highest BCUT2D eigenvalue weighted by atomic mass is 19.1. The first kappa shape index (κ1) is 34.1. The lowest BCUT2D eigenvalue weighted by Crippen LogP contribution is -2.31. The molecule has 3 aromatic carbocycles. The third kappa shape index (κ3) is 7.42. The van der Waals surface area contributed by atoms with Crippen molar-refractivity contribution in [3.63, 3.8) is 0 Å². The molecule has 2 aliphatic heterocycles. The van der Waals surface area contributed by atoms with E-state index in [9.17, 15) is 10.1 Å². The quantitative estimate of drug-likeness (QED) is 0.135. The van der Waals surface area contributed by atoms with Crippen molar-refractivity contribution in [1.29, 1.82) is 5.26 Å². The molecule has 0 aliphatic carbocycles. The second-order valence-electron chi connectivity index (χ2n) is 12.4. The zero-order chi connectivity index (χ0) is 35.3. The minimum absolute atomic E-state index is 0.0391. The summed E-state index contributed by atoms with van der Waals surface area (Å²) >= 11 is 0. The van der Waals surface area contributed by atoms with Gasteiger partial charge in [-0.2, -0.15) is 5.26 Å². The van der Waals surface area contributed by atoms with Crippen LogP contribution in [0.1, 0.15) is 50.4 Å². The van der Waals surface area contributed by atoms with Gasteiger partial charge in [-0.15, -0.1) is 0 Å². The Morgan fingerprint density at radius 2 is 1.92 bits per heavy atom. The van der Waals surface area contributed by atoms with Gasteiger partial charge in [0.25, 0.3) is 0 Å². The molecule has 1 saturated heterocycles. The summed E-state index contributed by atoms with van der Waals surface area (Å²) in [5, 5.41) is 9.72. The lowest BCUT2D eigenvalue weighted by Gasteiger charge is -2.27. The molecule has 4 heterocycles. The fraction of sp³-hybridized carbons (Fsp3) is 0.333. The van der Waals surface area contributed by atoms with Gasteiger partial charge < -0.3 is 33.0 Å². The molecule has 6 bridgehead atoms. The Kier molecular flexibility index (Phi) is 10.2. The van der Waals surface area contributed by atoms with E-state index in [2.05, 4.69) is 11.1 Å². The maximum Gasteiger partial charge on any atom is 0.338 e. The summed E-state index contributed by atoms with van der Waals surface area (Å²) in [4.78, 5) is 22.4. The third-order valence-corrected chi connectivity index (χ3v) is 9.13. The van der Waals surface area contributed by atoms with Gasteiger partial charge in [0.05, 0.1) is 68.0 Å². The van der Waals surface area contributed by atoms with E-state index in [1.807, 2.05) is 16.7 Å². The van der Waals surface area contributed by atoms with Gasteiger partial charge in [0.2, 0.25) is 5.88 Å². The van der Waals surface area contributed by atoms with E-state index >= 15 is 4.39 Å². The van der Waals surface area contributed by atoms with Gasteiger partial charge in [-0.25, -0.2) is 19.2 Å². The number of methoxy groups -OCH3 is 2. The van der Waals surface area contributed by atoms with E-state index in [-0.39, 0.29) is 32.3 Å². The monoisotopic (exact) mass is 692 g/mol. The highest BCUT2D eigenvalue weighted by Gasteiger charge is 2.26. The number of benzene rings is 3. The largest absolute Gasteiger partial charge is 0.489 e. The summed E-state index contributed by atoms with van der Waals surface area (Å²) in [6, 6.07) is 19.8. The molecular formula is C39H37FN4O7. The van der Waals surface area contributed by atoms with Gasteiger partial charge >= 0.3 is 5.97 Å². The molecule has 0 N–H and O–H groups in total. The molecule has 0 spiro atoms. The first-order valence-corrected chi connectivity index (χ1v) is 16.8. The van der Waals surface area contributed by atoms with E-state index in [4.69, 9.17) is 33.4 Å². The van der Waals surface area contributed by atoms with Crippen LogP contribution in [0.25, 0.3) is 22.3 Å². The summed E-state index contributed by atoms with van der Waals surface area (Å²) < 4.78 is 52.5. The van der Waals surface area contributed by atoms with Crippen molar-refractivity contribution in [2.45, 2.75) is 45.1 Å². The summed E-state index contributed by atoms with van der Waals surface area (Å²) in [7, 11) is 2.91. The Morgan fingerprint density at radius 1 is 1.04 bits per heavy atom. The predicted molar refractivity (Wildman–Crippen MR) is 184 cm³/mol. The number of carbonyl (C=O) groups is 1. The normalized spacial score (nSPS) is 15.5. The van der Waals surface area contributed by atoms with Crippen molar-refractivity contribution in [3.05, 3.63) is 106 Å².